The normalized spacial score (nSPS) is 12.5. The van der Waals surface area contributed by atoms with Crippen LogP contribution in [-0.4, -0.2) is 26.4 Å². The molecule has 4 rings (SSSR count). The lowest BCUT2D eigenvalue weighted by atomic mass is 9.98. The Hall–Kier alpha value is -3.24. The van der Waals surface area contributed by atoms with Gasteiger partial charge in [-0.1, -0.05) is 72.3 Å². The van der Waals surface area contributed by atoms with Gasteiger partial charge in [0.15, 0.2) is 0 Å². The topological polar surface area (TPSA) is 47.6 Å². The summed E-state index contributed by atoms with van der Waals surface area (Å²) in [5, 5.41) is 3.35. The molecule has 1 N–H and O–H groups in total. The van der Waals surface area contributed by atoms with Crippen LogP contribution in [0.1, 0.15) is 22.6 Å². The van der Waals surface area contributed by atoms with E-state index in [0.717, 1.165) is 5.56 Å². The molecule has 3 aromatic carbocycles. The average Bonchev–Trinajstić information content (AvgIpc) is 3.09. The Morgan fingerprint density at radius 2 is 1.70 bits per heavy atom. The highest BCUT2D eigenvalue weighted by atomic mass is 35.5. The fourth-order valence-corrected chi connectivity index (χ4v) is 4.02. The molecular weight excluding hydrogens is 398 g/mol. The van der Waals surface area contributed by atoms with Gasteiger partial charge in [0.05, 0.1) is 7.11 Å². The molecule has 0 aromatic heterocycles. The largest absolute Gasteiger partial charge is 0.497 e. The molecule has 4 nitrogen and oxygen atoms in total. The van der Waals surface area contributed by atoms with Gasteiger partial charge in [-0.05, 0) is 46.0 Å². The summed E-state index contributed by atoms with van der Waals surface area (Å²) in [6, 6.07) is 22.0. The number of halogens is 1. The first-order valence-electron chi connectivity index (χ1n) is 9.75. The van der Waals surface area contributed by atoms with Crippen LogP contribution in [0.15, 0.2) is 72.8 Å². The Kier molecular flexibility index (Phi) is 6.05. The Balaban J connectivity index is 1.33. The van der Waals surface area contributed by atoms with E-state index in [1.54, 1.807) is 13.2 Å². The average molecular weight is 420 g/mol. The van der Waals surface area contributed by atoms with Crippen molar-refractivity contribution in [2.24, 2.45) is 0 Å². The first-order valence-corrected chi connectivity index (χ1v) is 10.1. The summed E-state index contributed by atoms with van der Waals surface area (Å²) >= 11 is 6.06. The van der Waals surface area contributed by atoms with Crippen molar-refractivity contribution in [3.63, 3.8) is 0 Å². The first kappa shape index (κ1) is 20.0. The number of benzene rings is 3. The molecule has 0 fully saturated rings. The molecule has 152 valence electrons. The standard InChI is InChI=1S/C25H22ClNO3/c1-29-19-14-17(13-18(26)15-19)7-6-12-27-25(28)30-16-24-22-10-4-2-8-20(22)21-9-3-5-11-23(21)24/h2-11,13-15,24H,12,16H2,1H3,(H,27,28). The van der Waals surface area contributed by atoms with Crippen LogP contribution < -0.4 is 10.1 Å². The number of ether oxygens (including phenoxy) is 2. The van der Waals surface area contributed by atoms with Gasteiger partial charge < -0.3 is 14.8 Å². The zero-order valence-electron chi connectivity index (χ0n) is 16.6. The third-order valence-electron chi connectivity index (χ3n) is 5.15. The number of methoxy groups -OCH3 is 1. The van der Waals surface area contributed by atoms with Crippen molar-refractivity contribution in [3.8, 4) is 16.9 Å². The van der Waals surface area contributed by atoms with E-state index in [1.807, 2.05) is 48.6 Å². The maximum absolute atomic E-state index is 12.2. The van der Waals surface area contributed by atoms with Gasteiger partial charge in [-0.3, -0.25) is 0 Å². The number of carbonyl (C=O) groups excluding carboxylic acids is 1. The molecule has 0 heterocycles. The van der Waals surface area contributed by atoms with Crippen LogP contribution >= 0.6 is 11.6 Å². The molecule has 0 radical (unpaired) electrons. The van der Waals surface area contributed by atoms with Gasteiger partial charge in [-0.2, -0.15) is 0 Å². The van der Waals surface area contributed by atoms with Crippen LogP contribution in [0, 0.1) is 0 Å². The van der Waals surface area contributed by atoms with Crippen molar-refractivity contribution >= 4 is 23.8 Å². The Labute approximate surface area is 181 Å². The lowest BCUT2D eigenvalue weighted by Gasteiger charge is -2.14. The van der Waals surface area contributed by atoms with E-state index in [-0.39, 0.29) is 5.92 Å². The van der Waals surface area contributed by atoms with E-state index >= 15 is 0 Å². The number of amides is 1. The lowest BCUT2D eigenvalue weighted by molar-refractivity contribution is 0.144. The van der Waals surface area contributed by atoms with Gasteiger partial charge in [-0.15, -0.1) is 0 Å². The smallest absolute Gasteiger partial charge is 0.407 e. The van der Waals surface area contributed by atoms with E-state index in [1.165, 1.54) is 22.3 Å². The number of rotatable bonds is 6. The first-order chi connectivity index (χ1) is 14.7. The number of alkyl carbamates (subject to hydrolysis) is 1. The zero-order valence-corrected chi connectivity index (χ0v) is 17.4. The van der Waals surface area contributed by atoms with Crippen LogP contribution in [-0.2, 0) is 4.74 Å². The van der Waals surface area contributed by atoms with Crippen LogP contribution in [0.25, 0.3) is 17.2 Å². The second-order valence-corrected chi connectivity index (χ2v) is 7.47. The summed E-state index contributed by atoms with van der Waals surface area (Å²) in [4.78, 5) is 12.2. The summed E-state index contributed by atoms with van der Waals surface area (Å²) in [6.07, 6.45) is 3.27. The monoisotopic (exact) mass is 419 g/mol. The van der Waals surface area contributed by atoms with Crippen molar-refractivity contribution in [2.45, 2.75) is 5.92 Å². The summed E-state index contributed by atoms with van der Waals surface area (Å²) in [5.41, 5.74) is 5.71. The fraction of sp³-hybridized carbons (Fsp3) is 0.160. The predicted octanol–water partition coefficient (Wildman–Crippen LogP) is 5.90. The molecule has 0 atom stereocenters. The molecule has 1 aliphatic rings. The third-order valence-corrected chi connectivity index (χ3v) is 5.37. The molecule has 0 saturated heterocycles. The molecule has 30 heavy (non-hydrogen) atoms. The van der Waals surface area contributed by atoms with Crippen molar-refractivity contribution in [1.29, 1.82) is 0 Å². The minimum absolute atomic E-state index is 0.0533. The third kappa shape index (κ3) is 4.34. The molecule has 0 spiro atoms. The van der Waals surface area contributed by atoms with Crippen molar-refractivity contribution < 1.29 is 14.3 Å². The zero-order chi connectivity index (χ0) is 20.9. The minimum Gasteiger partial charge on any atom is -0.497 e. The Morgan fingerprint density at radius 3 is 2.37 bits per heavy atom. The van der Waals surface area contributed by atoms with E-state index in [0.29, 0.717) is 23.9 Å². The van der Waals surface area contributed by atoms with Gasteiger partial charge in [0.25, 0.3) is 0 Å². The van der Waals surface area contributed by atoms with Crippen LogP contribution in [0.2, 0.25) is 5.02 Å². The SMILES string of the molecule is COc1cc(Cl)cc(C=CCNC(=O)OCC2c3ccccc3-c3ccccc32)c1. The molecule has 0 bridgehead atoms. The van der Waals surface area contributed by atoms with E-state index in [9.17, 15) is 4.79 Å². The van der Waals surface area contributed by atoms with Crippen LogP contribution in [0.3, 0.4) is 0 Å². The predicted molar refractivity (Wildman–Crippen MR) is 120 cm³/mol. The number of fused-ring (bicyclic) bond motifs is 3. The molecule has 0 saturated carbocycles. The van der Waals surface area contributed by atoms with Crippen LogP contribution in [0.5, 0.6) is 5.75 Å². The van der Waals surface area contributed by atoms with Crippen LogP contribution in [0.4, 0.5) is 4.79 Å². The van der Waals surface area contributed by atoms with Gasteiger partial charge in [0, 0.05) is 17.5 Å². The lowest BCUT2D eigenvalue weighted by Crippen LogP contribution is -2.26. The number of nitrogens with one attached hydrogen (secondary N) is 1. The molecule has 0 unspecified atom stereocenters. The Bertz CT molecular complexity index is 1050. The highest BCUT2D eigenvalue weighted by Crippen LogP contribution is 2.44. The number of carbonyl (C=O) groups is 1. The van der Waals surface area contributed by atoms with Gasteiger partial charge in [0.1, 0.15) is 12.4 Å². The summed E-state index contributed by atoms with van der Waals surface area (Å²) in [6.45, 7) is 0.653. The highest BCUT2D eigenvalue weighted by Gasteiger charge is 2.28. The number of hydrogen-bond donors (Lipinski definition) is 1. The van der Waals surface area contributed by atoms with Crippen molar-refractivity contribution in [3.05, 3.63) is 94.5 Å². The second kappa shape index (κ2) is 9.06. The van der Waals surface area contributed by atoms with E-state index < -0.39 is 6.09 Å². The quantitative estimate of drug-likeness (QED) is 0.541. The summed E-state index contributed by atoms with van der Waals surface area (Å²) in [7, 11) is 1.60. The van der Waals surface area contributed by atoms with Gasteiger partial charge in [-0.25, -0.2) is 4.79 Å². The fourth-order valence-electron chi connectivity index (χ4n) is 3.79. The second-order valence-electron chi connectivity index (χ2n) is 7.03. The highest BCUT2D eigenvalue weighted by molar-refractivity contribution is 6.30. The molecule has 1 amide bonds. The maximum atomic E-state index is 12.2. The molecular formula is C25H22ClNO3. The van der Waals surface area contributed by atoms with Crippen molar-refractivity contribution in [2.75, 3.05) is 20.3 Å². The molecule has 5 heteroatoms. The summed E-state index contributed by atoms with van der Waals surface area (Å²) < 4.78 is 10.7. The van der Waals surface area contributed by atoms with Gasteiger partial charge >= 0.3 is 6.09 Å². The molecule has 1 aliphatic carbocycles. The van der Waals surface area contributed by atoms with E-state index in [4.69, 9.17) is 21.1 Å². The van der Waals surface area contributed by atoms with E-state index in [2.05, 4.69) is 29.6 Å². The molecule has 3 aromatic rings. The minimum atomic E-state index is -0.440. The maximum Gasteiger partial charge on any atom is 0.407 e. The molecule has 0 aliphatic heterocycles. The van der Waals surface area contributed by atoms with Gasteiger partial charge in [0.2, 0.25) is 0 Å². The summed E-state index contributed by atoms with van der Waals surface area (Å²) in [5.74, 6) is 0.740. The van der Waals surface area contributed by atoms with Crippen molar-refractivity contribution in [1.82, 2.24) is 5.32 Å². The number of hydrogen-bond acceptors (Lipinski definition) is 3. The Morgan fingerprint density at radius 1 is 1.03 bits per heavy atom.